The van der Waals surface area contributed by atoms with Crippen LogP contribution < -0.4 is 5.32 Å². The van der Waals surface area contributed by atoms with Crippen molar-refractivity contribution >= 4 is 11.7 Å². The summed E-state index contributed by atoms with van der Waals surface area (Å²) in [6.45, 7) is 5.88. The summed E-state index contributed by atoms with van der Waals surface area (Å²) in [6, 6.07) is 3.58. The first kappa shape index (κ1) is 12.3. The third kappa shape index (κ3) is 2.42. The molecular formula is C12H16N4O2. The molecule has 1 unspecified atom stereocenters. The van der Waals surface area contributed by atoms with Gasteiger partial charge in [-0.15, -0.1) is 0 Å². The lowest BCUT2D eigenvalue weighted by molar-refractivity contribution is 0.0986. The average Bonchev–Trinajstić information content (AvgIpc) is 2.97. The smallest absolute Gasteiger partial charge is 0.295 e. The van der Waals surface area contributed by atoms with Gasteiger partial charge in [0.05, 0.1) is 17.9 Å². The van der Waals surface area contributed by atoms with Gasteiger partial charge in [0, 0.05) is 12.1 Å². The first-order valence-electron chi connectivity index (χ1n) is 5.90. The standard InChI is InChI=1S/C12H16N4O2/c1-4-9(3)16-11(5-6-13-16)14-12(17)10-7-8(2)15-18-10/h5-7,9H,4H2,1-3H3,(H,14,17). The number of hydrogen-bond donors (Lipinski definition) is 1. The molecule has 0 bridgehead atoms. The maximum atomic E-state index is 11.9. The fraction of sp³-hybridized carbons (Fsp3) is 0.417. The van der Waals surface area contributed by atoms with Crippen molar-refractivity contribution in [1.82, 2.24) is 14.9 Å². The Morgan fingerprint density at radius 2 is 2.39 bits per heavy atom. The van der Waals surface area contributed by atoms with Gasteiger partial charge in [0.25, 0.3) is 5.91 Å². The minimum Gasteiger partial charge on any atom is -0.351 e. The molecule has 1 atom stereocenters. The number of nitrogens with one attached hydrogen (secondary N) is 1. The number of anilines is 1. The van der Waals surface area contributed by atoms with Gasteiger partial charge < -0.3 is 9.84 Å². The quantitative estimate of drug-likeness (QED) is 0.901. The van der Waals surface area contributed by atoms with E-state index in [4.69, 9.17) is 4.52 Å². The van der Waals surface area contributed by atoms with Crippen molar-refractivity contribution in [3.63, 3.8) is 0 Å². The van der Waals surface area contributed by atoms with E-state index in [1.165, 1.54) is 0 Å². The van der Waals surface area contributed by atoms with Crippen LogP contribution >= 0.6 is 0 Å². The highest BCUT2D eigenvalue weighted by molar-refractivity contribution is 6.01. The molecule has 0 fully saturated rings. The van der Waals surface area contributed by atoms with Gasteiger partial charge in [0.2, 0.25) is 5.76 Å². The fourth-order valence-corrected chi connectivity index (χ4v) is 1.59. The van der Waals surface area contributed by atoms with Crippen molar-refractivity contribution in [3.8, 4) is 0 Å². The molecule has 0 radical (unpaired) electrons. The van der Waals surface area contributed by atoms with Crippen LogP contribution in [0, 0.1) is 6.92 Å². The van der Waals surface area contributed by atoms with E-state index >= 15 is 0 Å². The van der Waals surface area contributed by atoms with Gasteiger partial charge in [-0.25, -0.2) is 4.68 Å². The predicted molar refractivity (Wildman–Crippen MR) is 66.4 cm³/mol. The van der Waals surface area contributed by atoms with Crippen LogP contribution in [0.5, 0.6) is 0 Å². The molecule has 0 aliphatic heterocycles. The number of nitrogens with zero attached hydrogens (tertiary/aromatic N) is 3. The Hall–Kier alpha value is -2.11. The van der Waals surface area contributed by atoms with Crippen molar-refractivity contribution in [3.05, 3.63) is 29.8 Å². The SMILES string of the molecule is CCC(C)n1nccc1NC(=O)c1cc(C)no1. The van der Waals surface area contributed by atoms with Gasteiger partial charge >= 0.3 is 0 Å². The molecule has 1 amide bonds. The Kier molecular flexibility index (Phi) is 3.45. The molecule has 2 rings (SSSR count). The van der Waals surface area contributed by atoms with Crippen molar-refractivity contribution < 1.29 is 9.32 Å². The van der Waals surface area contributed by atoms with Crippen LogP contribution in [-0.4, -0.2) is 20.8 Å². The van der Waals surface area contributed by atoms with Crippen molar-refractivity contribution in [2.45, 2.75) is 33.2 Å². The molecule has 2 aromatic heterocycles. The number of carbonyl (C=O) groups excluding carboxylic acids is 1. The first-order valence-corrected chi connectivity index (χ1v) is 5.90. The molecule has 6 heteroatoms. The number of amides is 1. The largest absolute Gasteiger partial charge is 0.351 e. The Balaban J connectivity index is 2.15. The van der Waals surface area contributed by atoms with Crippen molar-refractivity contribution in [1.29, 1.82) is 0 Å². The maximum absolute atomic E-state index is 11.9. The van der Waals surface area contributed by atoms with Crippen LogP contribution in [0.2, 0.25) is 0 Å². The van der Waals surface area contributed by atoms with E-state index in [1.807, 2.05) is 6.92 Å². The molecule has 0 aromatic carbocycles. The maximum Gasteiger partial charge on any atom is 0.295 e. The Bertz CT molecular complexity index is 544. The molecule has 2 heterocycles. The first-order chi connectivity index (χ1) is 8.61. The zero-order valence-corrected chi connectivity index (χ0v) is 10.7. The number of aromatic nitrogens is 3. The summed E-state index contributed by atoms with van der Waals surface area (Å²) in [5, 5.41) is 10.6. The summed E-state index contributed by atoms with van der Waals surface area (Å²) in [5.74, 6) is 0.536. The second-order valence-electron chi connectivity index (χ2n) is 4.20. The van der Waals surface area contributed by atoms with Crippen LogP contribution in [0.25, 0.3) is 0 Å². The fourth-order valence-electron chi connectivity index (χ4n) is 1.59. The lowest BCUT2D eigenvalue weighted by atomic mass is 10.3. The van der Waals surface area contributed by atoms with Crippen LogP contribution in [0.15, 0.2) is 22.9 Å². The highest BCUT2D eigenvalue weighted by Crippen LogP contribution is 2.17. The Morgan fingerprint density at radius 3 is 3.00 bits per heavy atom. The molecule has 0 saturated heterocycles. The van der Waals surface area contributed by atoms with Crippen LogP contribution in [0.3, 0.4) is 0 Å². The van der Waals surface area contributed by atoms with Crippen LogP contribution in [0.4, 0.5) is 5.82 Å². The minimum atomic E-state index is -0.319. The summed E-state index contributed by atoms with van der Waals surface area (Å²) in [7, 11) is 0. The summed E-state index contributed by atoms with van der Waals surface area (Å²) in [4.78, 5) is 11.9. The summed E-state index contributed by atoms with van der Waals surface area (Å²) in [5.41, 5.74) is 0.676. The van der Waals surface area contributed by atoms with Crippen molar-refractivity contribution in [2.75, 3.05) is 5.32 Å². The summed E-state index contributed by atoms with van der Waals surface area (Å²) < 4.78 is 6.69. The van der Waals surface area contributed by atoms with Gasteiger partial charge in [-0.3, -0.25) is 4.79 Å². The zero-order chi connectivity index (χ0) is 13.1. The second-order valence-corrected chi connectivity index (χ2v) is 4.20. The molecule has 0 aliphatic carbocycles. The van der Waals surface area contributed by atoms with E-state index in [2.05, 4.69) is 22.5 Å². The number of hydrogen-bond acceptors (Lipinski definition) is 4. The topological polar surface area (TPSA) is 73.0 Å². The van der Waals surface area contributed by atoms with E-state index in [-0.39, 0.29) is 17.7 Å². The lowest BCUT2D eigenvalue weighted by Crippen LogP contribution is -2.17. The zero-order valence-electron chi connectivity index (χ0n) is 10.7. The molecule has 0 spiro atoms. The van der Waals surface area contributed by atoms with Crippen LogP contribution in [0.1, 0.15) is 42.6 Å². The molecule has 0 saturated carbocycles. The molecule has 18 heavy (non-hydrogen) atoms. The number of aryl methyl sites for hydroxylation is 1. The molecular weight excluding hydrogens is 232 g/mol. The van der Waals surface area contributed by atoms with Gasteiger partial charge in [0.15, 0.2) is 0 Å². The van der Waals surface area contributed by atoms with E-state index in [0.29, 0.717) is 11.5 Å². The van der Waals surface area contributed by atoms with Crippen LogP contribution in [-0.2, 0) is 0 Å². The van der Waals surface area contributed by atoms with Gasteiger partial charge in [-0.1, -0.05) is 12.1 Å². The average molecular weight is 248 g/mol. The monoisotopic (exact) mass is 248 g/mol. The minimum absolute atomic E-state index is 0.199. The van der Waals surface area contributed by atoms with Gasteiger partial charge in [-0.2, -0.15) is 5.10 Å². The molecule has 96 valence electrons. The third-order valence-electron chi connectivity index (χ3n) is 2.77. The summed E-state index contributed by atoms with van der Waals surface area (Å²) in [6.07, 6.45) is 2.60. The van der Waals surface area contributed by atoms with Gasteiger partial charge in [-0.05, 0) is 20.3 Å². The van der Waals surface area contributed by atoms with E-state index in [1.54, 1.807) is 29.9 Å². The number of carbonyl (C=O) groups is 1. The Labute approximate surface area is 105 Å². The normalized spacial score (nSPS) is 12.4. The second kappa shape index (κ2) is 5.03. The Morgan fingerprint density at radius 1 is 1.61 bits per heavy atom. The molecule has 6 nitrogen and oxygen atoms in total. The predicted octanol–water partition coefficient (Wildman–Crippen LogP) is 2.40. The number of rotatable bonds is 4. The van der Waals surface area contributed by atoms with E-state index < -0.39 is 0 Å². The van der Waals surface area contributed by atoms with Crippen molar-refractivity contribution in [2.24, 2.45) is 0 Å². The highest BCUT2D eigenvalue weighted by Gasteiger charge is 2.15. The molecule has 2 aromatic rings. The third-order valence-corrected chi connectivity index (χ3v) is 2.77. The lowest BCUT2D eigenvalue weighted by Gasteiger charge is -2.13. The van der Waals surface area contributed by atoms with Gasteiger partial charge in [0.1, 0.15) is 5.82 Å². The molecule has 0 aliphatic rings. The summed E-state index contributed by atoms with van der Waals surface area (Å²) >= 11 is 0. The molecule has 1 N–H and O–H groups in total. The highest BCUT2D eigenvalue weighted by atomic mass is 16.5. The van der Waals surface area contributed by atoms with E-state index in [0.717, 1.165) is 6.42 Å². The van der Waals surface area contributed by atoms with E-state index in [9.17, 15) is 4.79 Å².